The van der Waals surface area contributed by atoms with E-state index in [1.54, 1.807) is 6.07 Å². The molecule has 0 amide bonds. The Morgan fingerprint density at radius 3 is 2.14 bits per heavy atom. The van der Waals surface area contributed by atoms with Crippen molar-refractivity contribution in [2.75, 3.05) is 0 Å². The summed E-state index contributed by atoms with van der Waals surface area (Å²) in [5.74, 6) is 0. The Balaban J connectivity index is 1.84. The minimum absolute atomic E-state index is 0.455. The van der Waals surface area contributed by atoms with Crippen molar-refractivity contribution in [3.05, 3.63) is 83.2 Å². The molecule has 0 unspecified atom stereocenters. The van der Waals surface area contributed by atoms with Gasteiger partial charge in [-0.2, -0.15) is 13.2 Å². The van der Waals surface area contributed by atoms with Crippen molar-refractivity contribution in [3.8, 4) is 11.1 Å². The molecule has 0 radical (unpaired) electrons. The van der Waals surface area contributed by atoms with Gasteiger partial charge in [-0.25, -0.2) is 4.72 Å². The third-order valence-corrected chi connectivity index (χ3v) is 5.89. The van der Waals surface area contributed by atoms with Gasteiger partial charge in [0.25, 0.3) is 0 Å². The van der Waals surface area contributed by atoms with Crippen molar-refractivity contribution >= 4 is 11.9 Å². The van der Waals surface area contributed by atoms with Gasteiger partial charge in [0.15, 0.2) is 0 Å². The zero-order chi connectivity index (χ0) is 21.2. The van der Waals surface area contributed by atoms with Crippen LogP contribution >= 0.6 is 11.9 Å². The first-order chi connectivity index (χ1) is 13.6. The van der Waals surface area contributed by atoms with Gasteiger partial charge in [0.1, 0.15) is 0 Å². The van der Waals surface area contributed by atoms with Crippen LogP contribution < -0.4 is 4.72 Å². The lowest BCUT2D eigenvalue weighted by Gasteiger charge is -2.27. The molecule has 152 valence electrons. The molecule has 1 N–H and O–H groups in total. The van der Waals surface area contributed by atoms with Crippen LogP contribution in [0.3, 0.4) is 0 Å². The molecular weight excluding hydrogens is 393 g/mol. The Kier molecular flexibility index (Phi) is 6.05. The third-order valence-electron chi connectivity index (χ3n) is 4.78. The highest BCUT2D eigenvalue weighted by atomic mass is 32.2. The summed E-state index contributed by atoms with van der Waals surface area (Å²) in [5.41, 5.74) is 4.40. The van der Waals surface area contributed by atoms with Crippen LogP contribution in [-0.2, 0) is 11.7 Å². The number of benzene rings is 2. The number of halogens is 3. The van der Waals surface area contributed by atoms with Crippen molar-refractivity contribution < 1.29 is 13.2 Å². The Morgan fingerprint density at radius 1 is 0.862 bits per heavy atom. The Labute approximate surface area is 173 Å². The molecule has 0 aliphatic carbocycles. The molecule has 29 heavy (non-hydrogen) atoms. The molecule has 0 bridgehead atoms. The van der Waals surface area contributed by atoms with Crippen LogP contribution in [0.15, 0.2) is 65.8 Å². The van der Waals surface area contributed by atoms with Gasteiger partial charge in [0.2, 0.25) is 0 Å². The standard InChI is InChI=1S/C23H23F3N2S/c1-15-13-27-14-16(2)21(15)17-7-5-8-18(11-17)22(3,4)28-29-20-10-6-9-19(12-20)23(24,25)26/h5-14,28H,1-4H3. The fourth-order valence-corrected chi connectivity index (χ4v) is 4.02. The molecule has 6 heteroatoms. The fourth-order valence-electron chi connectivity index (χ4n) is 3.20. The van der Waals surface area contributed by atoms with Gasteiger partial charge in [0, 0.05) is 22.8 Å². The highest BCUT2D eigenvalue weighted by Crippen LogP contribution is 2.34. The quantitative estimate of drug-likeness (QED) is 0.457. The van der Waals surface area contributed by atoms with Crippen molar-refractivity contribution in [3.63, 3.8) is 0 Å². The molecule has 0 saturated heterocycles. The zero-order valence-electron chi connectivity index (χ0n) is 16.8. The number of hydrogen-bond donors (Lipinski definition) is 1. The highest BCUT2D eigenvalue weighted by molar-refractivity contribution is 7.97. The Hall–Kier alpha value is -2.31. The maximum absolute atomic E-state index is 12.9. The predicted molar refractivity (Wildman–Crippen MR) is 113 cm³/mol. The number of nitrogens with one attached hydrogen (secondary N) is 1. The number of pyridine rings is 1. The van der Waals surface area contributed by atoms with Gasteiger partial charge in [-0.3, -0.25) is 4.98 Å². The first-order valence-corrected chi connectivity index (χ1v) is 10.0. The summed E-state index contributed by atoms with van der Waals surface area (Å²) in [6, 6.07) is 13.5. The summed E-state index contributed by atoms with van der Waals surface area (Å²) < 4.78 is 42.1. The summed E-state index contributed by atoms with van der Waals surface area (Å²) in [4.78, 5) is 4.75. The topological polar surface area (TPSA) is 24.9 Å². The lowest BCUT2D eigenvalue weighted by molar-refractivity contribution is -0.137. The maximum Gasteiger partial charge on any atom is 0.416 e. The lowest BCUT2D eigenvalue weighted by Crippen LogP contribution is -2.31. The van der Waals surface area contributed by atoms with Crippen molar-refractivity contribution in [2.45, 2.75) is 44.3 Å². The van der Waals surface area contributed by atoms with E-state index in [1.165, 1.54) is 18.0 Å². The third kappa shape index (κ3) is 5.00. The van der Waals surface area contributed by atoms with E-state index < -0.39 is 17.3 Å². The number of rotatable bonds is 5. The minimum Gasteiger partial charge on any atom is -0.264 e. The summed E-state index contributed by atoms with van der Waals surface area (Å²) in [5, 5.41) is 0. The lowest BCUT2D eigenvalue weighted by atomic mass is 9.90. The molecule has 0 spiro atoms. The molecule has 0 fully saturated rings. The van der Waals surface area contributed by atoms with E-state index in [0.29, 0.717) is 4.90 Å². The van der Waals surface area contributed by atoms with Crippen LogP contribution in [0.1, 0.15) is 36.1 Å². The molecule has 3 aromatic rings. The minimum atomic E-state index is -4.35. The van der Waals surface area contributed by atoms with Crippen molar-refractivity contribution in [1.82, 2.24) is 9.71 Å². The molecule has 2 nitrogen and oxygen atoms in total. The van der Waals surface area contributed by atoms with Crippen LogP contribution in [0.2, 0.25) is 0 Å². The number of aryl methyl sites for hydroxylation is 2. The SMILES string of the molecule is Cc1cncc(C)c1-c1cccc(C(C)(C)NSc2cccc(C(F)(F)F)c2)c1. The zero-order valence-corrected chi connectivity index (χ0v) is 17.6. The number of hydrogen-bond acceptors (Lipinski definition) is 3. The van der Waals surface area contributed by atoms with Gasteiger partial charge in [-0.1, -0.05) is 24.3 Å². The molecule has 0 saturated carbocycles. The second-order valence-electron chi connectivity index (χ2n) is 7.58. The van der Waals surface area contributed by atoms with Gasteiger partial charge in [-0.05, 0) is 91.7 Å². The van der Waals surface area contributed by atoms with E-state index in [9.17, 15) is 13.2 Å². The number of alkyl halides is 3. The van der Waals surface area contributed by atoms with Crippen LogP contribution in [0.4, 0.5) is 13.2 Å². The second-order valence-corrected chi connectivity index (χ2v) is 8.46. The first kappa shape index (κ1) is 21.4. The van der Waals surface area contributed by atoms with Gasteiger partial charge >= 0.3 is 6.18 Å². The van der Waals surface area contributed by atoms with E-state index in [0.717, 1.165) is 39.9 Å². The van der Waals surface area contributed by atoms with Gasteiger partial charge in [0.05, 0.1) is 5.56 Å². The van der Waals surface area contributed by atoms with E-state index in [-0.39, 0.29) is 0 Å². The summed E-state index contributed by atoms with van der Waals surface area (Å²) >= 11 is 1.20. The molecule has 3 rings (SSSR count). The summed E-state index contributed by atoms with van der Waals surface area (Å²) in [7, 11) is 0. The molecular formula is C23H23F3N2S. The molecule has 1 heterocycles. The smallest absolute Gasteiger partial charge is 0.264 e. The maximum atomic E-state index is 12.9. The Bertz CT molecular complexity index is 993. The summed E-state index contributed by atoms with van der Waals surface area (Å²) in [6.45, 7) is 8.10. The molecule has 0 aliphatic rings. The Morgan fingerprint density at radius 2 is 1.48 bits per heavy atom. The number of nitrogens with zero attached hydrogens (tertiary/aromatic N) is 1. The predicted octanol–water partition coefficient (Wildman–Crippen LogP) is 6.92. The fraction of sp³-hybridized carbons (Fsp3) is 0.261. The second kappa shape index (κ2) is 8.20. The highest BCUT2D eigenvalue weighted by Gasteiger charge is 2.30. The van der Waals surface area contributed by atoms with Crippen LogP contribution in [-0.4, -0.2) is 4.98 Å². The van der Waals surface area contributed by atoms with Crippen LogP contribution in [0.5, 0.6) is 0 Å². The molecule has 0 aliphatic heterocycles. The van der Waals surface area contributed by atoms with Crippen molar-refractivity contribution in [2.24, 2.45) is 0 Å². The first-order valence-electron chi connectivity index (χ1n) is 9.21. The van der Waals surface area contributed by atoms with Crippen LogP contribution in [0.25, 0.3) is 11.1 Å². The largest absolute Gasteiger partial charge is 0.416 e. The van der Waals surface area contributed by atoms with E-state index in [2.05, 4.69) is 21.8 Å². The monoisotopic (exact) mass is 416 g/mol. The normalized spacial score (nSPS) is 12.2. The summed E-state index contributed by atoms with van der Waals surface area (Å²) in [6.07, 6.45) is -0.648. The van der Waals surface area contributed by atoms with Crippen LogP contribution in [0, 0.1) is 13.8 Å². The number of aromatic nitrogens is 1. The average molecular weight is 417 g/mol. The molecule has 1 aromatic heterocycles. The van der Waals surface area contributed by atoms with Gasteiger partial charge in [-0.15, -0.1) is 0 Å². The van der Waals surface area contributed by atoms with E-state index >= 15 is 0 Å². The van der Waals surface area contributed by atoms with E-state index in [4.69, 9.17) is 0 Å². The van der Waals surface area contributed by atoms with Crippen molar-refractivity contribution in [1.29, 1.82) is 0 Å². The average Bonchev–Trinajstić information content (AvgIpc) is 2.66. The molecule has 2 aromatic carbocycles. The van der Waals surface area contributed by atoms with Gasteiger partial charge < -0.3 is 0 Å². The van der Waals surface area contributed by atoms with E-state index in [1.807, 2.05) is 52.2 Å². The molecule has 0 atom stereocenters.